The Morgan fingerprint density at radius 3 is 2.53 bits per heavy atom. The number of carbonyl (C=O) groups excluding carboxylic acids is 1. The van der Waals surface area contributed by atoms with Crippen LogP contribution in [0.1, 0.15) is 34.4 Å². The first kappa shape index (κ1) is 21.9. The fourth-order valence-corrected chi connectivity index (χ4v) is 4.03. The van der Waals surface area contributed by atoms with Crippen LogP contribution in [-0.2, 0) is 6.54 Å². The maximum absolute atomic E-state index is 15.0. The quantitative estimate of drug-likeness (QED) is 0.634. The Morgan fingerprint density at radius 2 is 1.84 bits per heavy atom. The van der Waals surface area contributed by atoms with E-state index in [1.807, 2.05) is 19.9 Å². The lowest BCUT2D eigenvalue weighted by atomic mass is 10.1. The lowest BCUT2D eigenvalue weighted by molar-refractivity contribution is 0.0950. The van der Waals surface area contributed by atoms with E-state index in [0.29, 0.717) is 35.6 Å². The van der Waals surface area contributed by atoms with E-state index in [1.54, 1.807) is 25.1 Å². The molecule has 1 saturated heterocycles. The van der Waals surface area contributed by atoms with Crippen LogP contribution in [0, 0.1) is 19.7 Å². The summed E-state index contributed by atoms with van der Waals surface area (Å²) in [6.07, 6.45) is 0. The summed E-state index contributed by atoms with van der Waals surface area (Å²) in [5.74, 6) is -0.591. The van der Waals surface area contributed by atoms with Crippen molar-refractivity contribution in [2.45, 2.75) is 27.3 Å². The second kappa shape index (κ2) is 9.04. The minimum Gasteiger partial charge on any atom is -0.368 e. The number of rotatable bonds is 5. The number of nitrogens with zero attached hydrogens (tertiary/aromatic N) is 4. The fourth-order valence-electron chi connectivity index (χ4n) is 4.03. The van der Waals surface area contributed by atoms with Crippen molar-refractivity contribution in [3.8, 4) is 0 Å². The number of fused-ring (bicyclic) bond motifs is 1. The van der Waals surface area contributed by atoms with Crippen molar-refractivity contribution in [3.05, 3.63) is 63.1 Å². The van der Waals surface area contributed by atoms with Gasteiger partial charge in [-0.2, -0.15) is 0 Å². The number of halogens is 1. The molecule has 1 amide bonds. The summed E-state index contributed by atoms with van der Waals surface area (Å²) in [7, 11) is 0. The van der Waals surface area contributed by atoms with Crippen LogP contribution in [0.25, 0.3) is 11.0 Å². The van der Waals surface area contributed by atoms with Crippen LogP contribution in [-0.4, -0.2) is 58.5 Å². The van der Waals surface area contributed by atoms with Crippen molar-refractivity contribution in [2.24, 2.45) is 0 Å². The molecule has 0 bridgehead atoms. The van der Waals surface area contributed by atoms with E-state index < -0.39 is 5.82 Å². The molecule has 3 aromatic rings. The molecule has 2 aromatic heterocycles. The van der Waals surface area contributed by atoms with Gasteiger partial charge in [-0.3, -0.25) is 14.5 Å². The Labute approximate surface area is 185 Å². The largest absolute Gasteiger partial charge is 0.368 e. The lowest BCUT2D eigenvalue weighted by Crippen LogP contribution is -2.46. The SMILES string of the molecule is CCNC(=O)c1ccc(N2CCN(Cc3ccc4nc(C)c(=O)[nH]c4c3F)CC2)c(C)n1. The molecule has 0 aliphatic carbocycles. The molecule has 3 heterocycles. The third kappa shape index (κ3) is 4.34. The lowest BCUT2D eigenvalue weighted by Gasteiger charge is -2.36. The molecule has 1 aliphatic heterocycles. The zero-order valence-electron chi connectivity index (χ0n) is 18.5. The molecule has 0 spiro atoms. The Hall–Kier alpha value is -3.33. The van der Waals surface area contributed by atoms with Gasteiger partial charge in [0.15, 0.2) is 5.82 Å². The predicted molar refractivity (Wildman–Crippen MR) is 122 cm³/mol. The summed E-state index contributed by atoms with van der Waals surface area (Å²) in [4.78, 5) is 39.5. The normalized spacial score (nSPS) is 14.7. The molecule has 0 atom stereocenters. The standard InChI is InChI=1S/C23H27FN6O2/c1-4-25-23(32)18-7-8-19(14(2)26-18)30-11-9-29(10-12-30)13-16-5-6-17-21(20(16)24)28-22(31)15(3)27-17/h5-8H,4,9-13H2,1-3H3,(H,25,32)(H,28,31). The van der Waals surface area contributed by atoms with Crippen LogP contribution in [0.15, 0.2) is 29.1 Å². The third-order valence-electron chi connectivity index (χ3n) is 5.79. The molecule has 168 valence electrons. The Morgan fingerprint density at radius 1 is 1.09 bits per heavy atom. The van der Waals surface area contributed by atoms with E-state index in [9.17, 15) is 9.59 Å². The first-order valence-corrected chi connectivity index (χ1v) is 10.8. The zero-order chi connectivity index (χ0) is 22.8. The Balaban J connectivity index is 1.43. The summed E-state index contributed by atoms with van der Waals surface area (Å²) in [6.45, 7) is 9.48. The first-order chi connectivity index (χ1) is 15.4. The molecule has 1 aliphatic rings. The maximum atomic E-state index is 15.0. The molecule has 32 heavy (non-hydrogen) atoms. The topological polar surface area (TPSA) is 94.2 Å². The van der Waals surface area contributed by atoms with Crippen molar-refractivity contribution >= 4 is 22.6 Å². The number of aromatic nitrogens is 3. The molecule has 1 fully saturated rings. The number of aryl methyl sites for hydroxylation is 2. The average molecular weight is 439 g/mol. The van der Waals surface area contributed by atoms with Crippen LogP contribution >= 0.6 is 0 Å². The molecule has 4 rings (SSSR count). The number of nitrogens with one attached hydrogen (secondary N) is 2. The second-order valence-electron chi connectivity index (χ2n) is 8.01. The summed E-state index contributed by atoms with van der Waals surface area (Å²) in [5, 5.41) is 2.76. The monoisotopic (exact) mass is 438 g/mol. The molecule has 2 N–H and O–H groups in total. The number of carbonyl (C=O) groups is 1. The molecule has 0 unspecified atom stereocenters. The van der Waals surface area contributed by atoms with E-state index in [4.69, 9.17) is 0 Å². The number of amides is 1. The summed E-state index contributed by atoms with van der Waals surface area (Å²) < 4.78 is 15.0. The van der Waals surface area contributed by atoms with Crippen molar-refractivity contribution in [3.63, 3.8) is 0 Å². The average Bonchev–Trinajstić information content (AvgIpc) is 2.78. The molecule has 0 saturated carbocycles. The Kier molecular flexibility index (Phi) is 6.18. The molecule has 0 radical (unpaired) electrons. The van der Waals surface area contributed by atoms with Gasteiger partial charge in [-0.25, -0.2) is 14.4 Å². The Bertz CT molecular complexity index is 1220. The number of aromatic amines is 1. The number of piperazine rings is 1. The van der Waals surface area contributed by atoms with Gasteiger partial charge in [0.05, 0.1) is 16.9 Å². The highest BCUT2D eigenvalue weighted by Gasteiger charge is 2.21. The zero-order valence-corrected chi connectivity index (χ0v) is 18.5. The number of pyridine rings is 1. The molecule has 1 aromatic carbocycles. The van der Waals surface area contributed by atoms with Gasteiger partial charge in [-0.1, -0.05) is 6.07 Å². The van der Waals surface area contributed by atoms with Gasteiger partial charge in [0, 0.05) is 44.8 Å². The number of hydrogen-bond donors (Lipinski definition) is 2. The van der Waals surface area contributed by atoms with E-state index in [0.717, 1.165) is 37.6 Å². The van der Waals surface area contributed by atoms with Crippen LogP contribution in [0.4, 0.5) is 10.1 Å². The third-order valence-corrected chi connectivity index (χ3v) is 5.79. The van der Waals surface area contributed by atoms with Crippen LogP contribution in [0.5, 0.6) is 0 Å². The second-order valence-corrected chi connectivity index (χ2v) is 8.01. The van der Waals surface area contributed by atoms with Crippen molar-refractivity contribution in [1.82, 2.24) is 25.2 Å². The van der Waals surface area contributed by atoms with Gasteiger partial charge in [-0.05, 0) is 39.0 Å². The van der Waals surface area contributed by atoms with E-state index in [-0.39, 0.29) is 17.0 Å². The molecule has 8 nitrogen and oxygen atoms in total. The van der Waals surface area contributed by atoms with Gasteiger partial charge >= 0.3 is 0 Å². The van der Waals surface area contributed by atoms with E-state index >= 15 is 4.39 Å². The molecular weight excluding hydrogens is 411 g/mol. The highest BCUT2D eigenvalue weighted by atomic mass is 19.1. The van der Waals surface area contributed by atoms with Crippen LogP contribution in [0.2, 0.25) is 0 Å². The number of hydrogen-bond acceptors (Lipinski definition) is 6. The number of H-pyrrole nitrogens is 1. The van der Waals surface area contributed by atoms with Gasteiger partial charge < -0.3 is 15.2 Å². The number of anilines is 1. The smallest absolute Gasteiger partial charge is 0.269 e. The van der Waals surface area contributed by atoms with Crippen molar-refractivity contribution < 1.29 is 9.18 Å². The minimum atomic E-state index is -0.421. The van der Waals surface area contributed by atoms with E-state index in [2.05, 4.69) is 30.1 Å². The summed E-state index contributed by atoms with van der Waals surface area (Å²) in [5.41, 5.74) is 3.34. The fraction of sp³-hybridized carbons (Fsp3) is 0.391. The highest BCUT2D eigenvalue weighted by Crippen LogP contribution is 2.23. The van der Waals surface area contributed by atoms with Gasteiger partial charge in [-0.15, -0.1) is 0 Å². The van der Waals surface area contributed by atoms with Gasteiger partial charge in [0.25, 0.3) is 11.5 Å². The minimum absolute atomic E-state index is 0.158. The van der Waals surface area contributed by atoms with Crippen LogP contribution in [0.3, 0.4) is 0 Å². The predicted octanol–water partition coefficient (Wildman–Crippen LogP) is 2.15. The summed E-state index contributed by atoms with van der Waals surface area (Å²) >= 11 is 0. The van der Waals surface area contributed by atoms with Gasteiger partial charge in [0.1, 0.15) is 16.9 Å². The maximum Gasteiger partial charge on any atom is 0.269 e. The van der Waals surface area contributed by atoms with Crippen molar-refractivity contribution in [1.29, 1.82) is 0 Å². The van der Waals surface area contributed by atoms with Crippen LogP contribution < -0.4 is 15.8 Å². The first-order valence-electron chi connectivity index (χ1n) is 10.8. The van der Waals surface area contributed by atoms with Gasteiger partial charge in [0.2, 0.25) is 0 Å². The highest BCUT2D eigenvalue weighted by molar-refractivity contribution is 5.92. The summed E-state index contributed by atoms with van der Waals surface area (Å²) in [6, 6.07) is 7.18. The molecule has 9 heteroatoms. The number of benzene rings is 1. The molecular formula is C23H27FN6O2. The van der Waals surface area contributed by atoms with E-state index in [1.165, 1.54) is 0 Å². The van der Waals surface area contributed by atoms with Crippen molar-refractivity contribution in [2.75, 3.05) is 37.6 Å².